The lowest BCUT2D eigenvalue weighted by Crippen LogP contribution is -2.57. The number of rotatable bonds is 2. The number of carbonyl (C=O) groups is 1. The third kappa shape index (κ3) is 2.36. The fourth-order valence-corrected chi connectivity index (χ4v) is 1.83. The van der Waals surface area contributed by atoms with E-state index < -0.39 is 11.5 Å². The lowest BCUT2D eigenvalue weighted by atomic mass is 10.0. The summed E-state index contributed by atoms with van der Waals surface area (Å²) in [6.45, 7) is 5.10. The molecule has 1 aromatic heterocycles. The first kappa shape index (κ1) is 11.8. The van der Waals surface area contributed by atoms with Crippen molar-refractivity contribution in [3.05, 3.63) is 18.1 Å². The summed E-state index contributed by atoms with van der Waals surface area (Å²) < 4.78 is 5.45. The largest absolute Gasteiger partial charge is 0.367 e. The molecule has 1 aliphatic heterocycles. The van der Waals surface area contributed by atoms with Gasteiger partial charge in [-0.15, -0.1) is 0 Å². The average molecular weight is 236 g/mol. The molecule has 6 heteroatoms. The number of nitrogens with two attached hydrogens (primary N) is 1. The van der Waals surface area contributed by atoms with Gasteiger partial charge in [-0.25, -0.2) is 9.97 Å². The van der Waals surface area contributed by atoms with Gasteiger partial charge in [0.1, 0.15) is 11.6 Å². The number of carbonyl (C=O) groups excluding carboxylic acids is 1. The number of anilines is 1. The Labute approximate surface area is 99.8 Å². The van der Waals surface area contributed by atoms with Gasteiger partial charge >= 0.3 is 0 Å². The summed E-state index contributed by atoms with van der Waals surface area (Å²) in [6.07, 6.45) is 1.70. The monoisotopic (exact) mass is 236 g/mol. The Morgan fingerprint density at radius 2 is 2.41 bits per heavy atom. The molecule has 0 radical (unpaired) electrons. The minimum absolute atomic E-state index is 0.415. The Morgan fingerprint density at radius 1 is 1.65 bits per heavy atom. The maximum absolute atomic E-state index is 11.4. The molecule has 1 atom stereocenters. The first-order valence-corrected chi connectivity index (χ1v) is 5.50. The molecule has 1 fully saturated rings. The van der Waals surface area contributed by atoms with E-state index >= 15 is 0 Å². The van der Waals surface area contributed by atoms with Crippen LogP contribution < -0.4 is 10.6 Å². The van der Waals surface area contributed by atoms with Crippen LogP contribution in [0.5, 0.6) is 0 Å². The molecule has 1 amide bonds. The van der Waals surface area contributed by atoms with Crippen molar-refractivity contribution in [1.82, 2.24) is 9.97 Å². The van der Waals surface area contributed by atoms with Gasteiger partial charge in [0, 0.05) is 12.7 Å². The number of amides is 1. The number of hydrogen-bond acceptors (Lipinski definition) is 5. The Morgan fingerprint density at radius 3 is 3.06 bits per heavy atom. The van der Waals surface area contributed by atoms with Crippen LogP contribution in [-0.2, 0) is 9.53 Å². The SMILES string of the molecule is Cc1nccc(N2CCOC(C)(C(N)=O)C2)n1. The molecule has 2 rings (SSSR count). The molecule has 0 aliphatic carbocycles. The van der Waals surface area contributed by atoms with Gasteiger partial charge in [0.05, 0.1) is 13.2 Å². The number of ether oxygens (including phenoxy) is 1. The number of nitrogens with zero attached hydrogens (tertiary/aromatic N) is 3. The molecule has 1 aromatic rings. The quantitative estimate of drug-likeness (QED) is 0.773. The lowest BCUT2D eigenvalue weighted by molar-refractivity contribution is -0.142. The van der Waals surface area contributed by atoms with Crippen molar-refractivity contribution in [2.24, 2.45) is 5.73 Å². The van der Waals surface area contributed by atoms with Crippen molar-refractivity contribution in [2.45, 2.75) is 19.4 Å². The predicted molar refractivity (Wildman–Crippen MR) is 62.5 cm³/mol. The van der Waals surface area contributed by atoms with Crippen LogP contribution >= 0.6 is 0 Å². The van der Waals surface area contributed by atoms with Crippen molar-refractivity contribution in [1.29, 1.82) is 0 Å². The highest BCUT2D eigenvalue weighted by atomic mass is 16.5. The third-order valence-corrected chi connectivity index (χ3v) is 2.88. The third-order valence-electron chi connectivity index (χ3n) is 2.88. The zero-order chi connectivity index (χ0) is 12.5. The second kappa shape index (κ2) is 4.29. The van der Waals surface area contributed by atoms with E-state index in [4.69, 9.17) is 10.5 Å². The topological polar surface area (TPSA) is 81.3 Å². The van der Waals surface area contributed by atoms with Crippen molar-refractivity contribution in [3.8, 4) is 0 Å². The van der Waals surface area contributed by atoms with Crippen molar-refractivity contribution >= 4 is 11.7 Å². The van der Waals surface area contributed by atoms with E-state index in [0.717, 1.165) is 5.82 Å². The molecule has 92 valence electrons. The van der Waals surface area contributed by atoms with Crippen LogP contribution in [0.25, 0.3) is 0 Å². The number of primary amides is 1. The number of morpholine rings is 1. The van der Waals surface area contributed by atoms with E-state index in [1.54, 1.807) is 13.1 Å². The summed E-state index contributed by atoms with van der Waals surface area (Å²) >= 11 is 0. The van der Waals surface area contributed by atoms with Crippen LogP contribution in [0.4, 0.5) is 5.82 Å². The van der Waals surface area contributed by atoms with Gasteiger partial charge in [0.25, 0.3) is 5.91 Å². The van der Waals surface area contributed by atoms with E-state index in [1.807, 2.05) is 17.9 Å². The van der Waals surface area contributed by atoms with Gasteiger partial charge in [-0.2, -0.15) is 0 Å². The van der Waals surface area contributed by atoms with E-state index in [-0.39, 0.29) is 0 Å². The first-order chi connectivity index (χ1) is 8.01. The van der Waals surface area contributed by atoms with Crippen LogP contribution in [0.1, 0.15) is 12.7 Å². The molecule has 0 aromatic carbocycles. The number of hydrogen-bond donors (Lipinski definition) is 1. The molecule has 17 heavy (non-hydrogen) atoms. The van der Waals surface area contributed by atoms with Crippen molar-refractivity contribution in [2.75, 3.05) is 24.6 Å². The summed E-state index contributed by atoms with van der Waals surface area (Å²) in [4.78, 5) is 21.7. The minimum Gasteiger partial charge on any atom is -0.367 e. The maximum atomic E-state index is 11.4. The van der Waals surface area contributed by atoms with Crippen molar-refractivity contribution < 1.29 is 9.53 Å². The molecule has 1 aliphatic rings. The van der Waals surface area contributed by atoms with Gasteiger partial charge in [-0.05, 0) is 19.9 Å². The fraction of sp³-hybridized carbons (Fsp3) is 0.545. The Hall–Kier alpha value is -1.69. The predicted octanol–water partition coefficient (Wildman–Crippen LogP) is -0.134. The van der Waals surface area contributed by atoms with Gasteiger partial charge in [0.2, 0.25) is 0 Å². The van der Waals surface area contributed by atoms with Crippen LogP contribution in [0, 0.1) is 6.92 Å². The summed E-state index contributed by atoms with van der Waals surface area (Å²) in [5.74, 6) is 1.05. The lowest BCUT2D eigenvalue weighted by Gasteiger charge is -2.38. The molecule has 6 nitrogen and oxygen atoms in total. The Balaban J connectivity index is 2.20. The highest BCUT2D eigenvalue weighted by Crippen LogP contribution is 2.21. The molecule has 1 unspecified atom stereocenters. The summed E-state index contributed by atoms with van der Waals surface area (Å²) in [7, 11) is 0. The van der Waals surface area contributed by atoms with Crippen molar-refractivity contribution in [3.63, 3.8) is 0 Å². The molecule has 2 heterocycles. The number of aromatic nitrogens is 2. The minimum atomic E-state index is -0.947. The molecule has 1 saturated heterocycles. The maximum Gasteiger partial charge on any atom is 0.251 e. The Kier molecular flexibility index (Phi) is 2.97. The summed E-state index contributed by atoms with van der Waals surface area (Å²) in [5, 5.41) is 0. The first-order valence-electron chi connectivity index (χ1n) is 5.50. The van der Waals surface area contributed by atoms with Crippen LogP contribution in [-0.4, -0.2) is 41.2 Å². The van der Waals surface area contributed by atoms with E-state index in [2.05, 4.69) is 9.97 Å². The summed E-state index contributed by atoms with van der Waals surface area (Å²) in [5.41, 5.74) is 4.40. The molecular formula is C11H16N4O2. The average Bonchev–Trinajstić information content (AvgIpc) is 2.29. The molecular weight excluding hydrogens is 220 g/mol. The van der Waals surface area contributed by atoms with Gasteiger partial charge in [-0.3, -0.25) is 4.79 Å². The van der Waals surface area contributed by atoms with Crippen LogP contribution in [0.2, 0.25) is 0 Å². The Bertz CT molecular complexity index is 437. The standard InChI is InChI=1S/C11H16N4O2/c1-8-13-4-3-9(14-8)15-5-6-17-11(2,7-15)10(12)16/h3-4H,5-7H2,1-2H3,(H2,12,16). The van der Waals surface area contributed by atoms with E-state index in [1.165, 1.54) is 0 Å². The smallest absolute Gasteiger partial charge is 0.251 e. The zero-order valence-electron chi connectivity index (χ0n) is 10.0. The summed E-state index contributed by atoms with van der Waals surface area (Å²) in [6, 6.07) is 1.82. The number of aryl methyl sites for hydroxylation is 1. The second-order valence-electron chi connectivity index (χ2n) is 4.33. The van der Waals surface area contributed by atoms with E-state index in [9.17, 15) is 4.79 Å². The highest BCUT2D eigenvalue weighted by Gasteiger charge is 2.38. The highest BCUT2D eigenvalue weighted by molar-refractivity contribution is 5.84. The fourth-order valence-electron chi connectivity index (χ4n) is 1.83. The van der Waals surface area contributed by atoms with Gasteiger partial charge in [0.15, 0.2) is 5.60 Å². The van der Waals surface area contributed by atoms with Gasteiger partial charge < -0.3 is 15.4 Å². The zero-order valence-corrected chi connectivity index (χ0v) is 10.0. The molecule has 2 N–H and O–H groups in total. The molecule has 0 saturated carbocycles. The molecule has 0 spiro atoms. The van der Waals surface area contributed by atoms with Crippen LogP contribution in [0.15, 0.2) is 12.3 Å². The van der Waals surface area contributed by atoms with Crippen LogP contribution in [0.3, 0.4) is 0 Å². The van der Waals surface area contributed by atoms with Gasteiger partial charge in [-0.1, -0.05) is 0 Å². The normalized spacial score (nSPS) is 24.7. The second-order valence-corrected chi connectivity index (χ2v) is 4.33. The molecule has 0 bridgehead atoms. The van der Waals surface area contributed by atoms with E-state index in [0.29, 0.717) is 25.5 Å².